The molecule has 2 aromatic carbocycles. The van der Waals surface area contributed by atoms with Crippen LogP contribution in [0.5, 0.6) is 0 Å². The molecular formula is C14H13F3N2. The molecule has 19 heavy (non-hydrogen) atoms. The molecule has 0 heterocycles. The highest BCUT2D eigenvalue weighted by molar-refractivity contribution is 5.63. The summed E-state index contributed by atoms with van der Waals surface area (Å²) >= 11 is 0. The summed E-state index contributed by atoms with van der Waals surface area (Å²) in [4.78, 5) is 0. The molecule has 0 saturated carbocycles. The number of benzene rings is 2. The van der Waals surface area contributed by atoms with Crippen LogP contribution < -0.4 is 11.1 Å². The fraction of sp³-hybridized carbons (Fsp3) is 0.143. The monoisotopic (exact) mass is 266 g/mol. The number of rotatable bonds is 2. The third kappa shape index (κ3) is 3.19. The molecule has 3 N–H and O–H groups in total. The van der Waals surface area contributed by atoms with Crippen LogP contribution in [0.1, 0.15) is 11.1 Å². The molecule has 2 nitrogen and oxygen atoms in total. The van der Waals surface area contributed by atoms with E-state index in [0.717, 1.165) is 6.07 Å². The summed E-state index contributed by atoms with van der Waals surface area (Å²) in [5.74, 6) is 0. The van der Waals surface area contributed by atoms with Crippen molar-refractivity contribution in [3.05, 3.63) is 53.6 Å². The predicted octanol–water partition coefficient (Wildman–Crippen LogP) is 4.34. The zero-order chi connectivity index (χ0) is 14.0. The minimum absolute atomic E-state index is 0.204. The van der Waals surface area contributed by atoms with Gasteiger partial charge in [-0.2, -0.15) is 13.2 Å². The molecule has 0 radical (unpaired) electrons. The first-order valence-electron chi connectivity index (χ1n) is 5.67. The van der Waals surface area contributed by atoms with Crippen molar-refractivity contribution < 1.29 is 13.2 Å². The van der Waals surface area contributed by atoms with E-state index in [1.807, 2.05) is 0 Å². The fourth-order valence-corrected chi connectivity index (χ4v) is 1.74. The van der Waals surface area contributed by atoms with Gasteiger partial charge in [-0.05, 0) is 48.9 Å². The van der Waals surface area contributed by atoms with Crippen molar-refractivity contribution in [2.24, 2.45) is 0 Å². The van der Waals surface area contributed by atoms with Crippen LogP contribution in [0.4, 0.5) is 30.2 Å². The van der Waals surface area contributed by atoms with E-state index in [9.17, 15) is 13.2 Å². The predicted molar refractivity (Wildman–Crippen MR) is 70.3 cm³/mol. The number of alkyl halides is 3. The Morgan fingerprint density at radius 3 is 2.11 bits per heavy atom. The van der Waals surface area contributed by atoms with Crippen molar-refractivity contribution in [3.8, 4) is 0 Å². The SMILES string of the molecule is Cc1ccc(Nc2ccc(N)cc2)cc1C(F)(F)F. The van der Waals surface area contributed by atoms with Crippen LogP contribution in [0.25, 0.3) is 0 Å². The maximum absolute atomic E-state index is 12.8. The zero-order valence-electron chi connectivity index (χ0n) is 10.3. The van der Waals surface area contributed by atoms with Gasteiger partial charge in [-0.15, -0.1) is 0 Å². The van der Waals surface area contributed by atoms with Gasteiger partial charge in [0.15, 0.2) is 0 Å². The number of aryl methyl sites for hydroxylation is 1. The summed E-state index contributed by atoms with van der Waals surface area (Å²) in [5.41, 5.74) is 6.80. The molecule has 0 spiro atoms. The topological polar surface area (TPSA) is 38.0 Å². The molecule has 5 heteroatoms. The van der Waals surface area contributed by atoms with E-state index < -0.39 is 11.7 Å². The molecule has 0 bridgehead atoms. The Morgan fingerprint density at radius 2 is 1.53 bits per heavy atom. The summed E-state index contributed by atoms with van der Waals surface area (Å²) in [5, 5.41) is 2.92. The van der Waals surface area contributed by atoms with Gasteiger partial charge >= 0.3 is 6.18 Å². The van der Waals surface area contributed by atoms with Crippen LogP contribution in [-0.4, -0.2) is 0 Å². The molecule has 0 aliphatic heterocycles. The first-order chi connectivity index (χ1) is 8.86. The summed E-state index contributed by atoms with van der Waals surface area (Å²) in [6.45, 7) is 1.44. The number of nitrogens with one attached hydrogen (secondary N) is 1. The van der Waals surface area contributed by atoms with Crippen LogP contribution in [-0.2, 0) is 6.18 Å². The average molecular weight is 266 g/mol. The van der Waals surface area contributed by atoms with E-state index >= 15 is 0 Å². The van der Waals surface area contributed by atoms with Crippen LogP contribution in [0, 0.1) is 6.92 Å². The van der Waals surface area contributed by atoms with Crippen molar-refractivity contribution in [2.75, 3.05) is 11.1 Å². The molecule has 0 amide bonds. The van der Waals surface area contributed by atoms with Gasteiger partial charge in [0, 0.05) is 17.1 Å². The second-order valence-corrected chi connectivity index (χ2v) is 4.27. The molecule has 0 aliphatic rings. The molecule has 0 aromatic heterocycles. The molecule has 0 atom stereocenters. The lowest BCUT2D eigenvalue weighted by Gasteiger charge is -2.13. The maximum atomic E-state index is 12.8. The molecule has 0 fully saturated rings. The number of hydrogen-bond donors (Lipinski definition) is 2. The van der Waals surface area contributed by atoms with Crippen LogP contribution in [0.2, 0.25) is 0 Å². The van der Waals surface area contributed by atoms with Crippen LogP contribution >= 0.6 is 0 Å². The Bertz CT molecular complexity index is 574. The minimum Gasteiger partial charge on any atom is -0.399 e. The van der Waals surface area contributed by atoms with E-state index in [-0.39, 0.29) is 5.56 Å². The average Bonchev–Trinajstić information content (AvgIpc) is 2.33. The first kappa shape index (κ1) is 13.3. The largest absolute Gasteiger partial charge is 0.416 e. The fourth-order valence-electron chi connectivity index (χ4n) is 1.74. The number of halogens is 3. The van der Waals surface area contributed by atoms with Gasteiger partial charge in [0.25, 0.3) is 0 Å². The van der Waals surface area contributed by atoms with E-state index in [1.54, 1.807) is 30.3 Å². The number of anilines is 3. The quantitative estimate of drug-likeness (QED) is 0.793. The van der Waals surface area contributed by atoms with E-state index in [4.69, 9.17) is 5.73 Å². The summed E-state index contributed by atoms with van der Waals surface area (Å²) in [6, 6.07) is 10.9. The van der Waals surface area contributed by atoms with Crippen LogP contribution in [0.3, 0.4) is 0 Å². The Morgan fingerprint density at radius 1 is 0.947 bits per heavy atom. The van der Waals surface area contributed by atoms with E-state index in [0.29, 0.717) is 17.1 Å². The van der Waals surface area contributed by atoms with Gasteiger partial charge < -0.3 is 11.1 Å². The standard InChI is InChI=1S/C14H13F3N2/c1-9-2-5-12(8-13(9)14(15,16)17)19-11-6-3-10(18)4-7-11/h2-8,19H,18H2,1H3. The highest BCUT2D eigenvalue weighted by atomic mass is 19.4. The minimum atomic E-state index is -4.34. The van der Waals surface area contributed by atoms with Crippen molar-refractivity contribution >= 4 is 17.1 Å². The first-order valence-corrected chi connectivity index (χ1v) is 5.67. The third-order valence-corrected chi connectivity index (χ3v) is 2.74. The van der Waals surface area contributed by atoms with Crippen molar-refractivity contribution in [1.29, 1.82) is 0 Å². The highest BCUT2D eigenvalue weighted by Gasteiger charge is 2.32. The Kier molecular flexibility index (Phi) is 3.38. The van der Waals surface area contributed by atoms with Gasteiger partial charge in [-0.1, -0.05) is 6.07 Å². The Hall–Kier alpha value is -2.17. The van der Waals surface area contributed by atoms with Gasteiger partial charge in [0.05, 0.1) is 5.56 Å². The maximum Gasteiger partial charge on any atom is 0.416 e. The van der Waals surface area contributed by atoms with Gasteiger partial charge in [-0.3, -0.25) is 0 Å². The molecule has 0 unspecified atom stereocenters. The van der Waals surface area contributed by atoms with Crippen molar-refractivity contribution in [1.82, 2.24) is 0 Å². The smallest absolute Gasteiger partial charge is 0.399 e. The molecule has 0 aliphatic carbocycles. The lowest BCUT2D eigenvalue weighted by Crippen LogP contribution is -2.08. The van der Waals surface area contributed by atoms with E-state index in [2.05, 4.69) is 5.32 Å². The van der Waals surface area contributed by atoms with Crippen LogP contribution in [0.15, 0.2) is 42.5 Å². The molecule has 100 valence electrons. The zero-order valence-corrected chi connectivity index (χ0v) is 10.3. The number of nitrogen functional groups attached to an aromatic ring is 1. The van der Waals surface area contributed by atoms with Gasteiger partial charge in [0.2, 0.25) is 0 Å². The summed E-state index contributed by atoms with van der Waals surface area (Å²) < 4.78 is 38.3. The Balaban J connectivity index is 2.29. The number of nitrogens with two attached hydrogens (primary N) is 1. The third-order valence-electron chi connectivity index (χ3n) is 2.74. The number of hydrogen-bond acceptors (Lipinski definition) is 2. The van der Waals surface area contributed by atoms with Gasteiger partial charge in [0.1, 0.15) is 0 Å². The lowest BCUT2D eigenvalue weighted by atomic mass is 10.1. The summed E-state index contributed by atoms with van der Waals surface area (Å²) in [7, 11) is 0. The normalized spacial score (nSPS) is 11.4. The molecular weight excluding hydrogens is 253 g/mol. The highest BCUT2D eigenvalue weighted by Crippen LogP contribution is 2.34. The van der Waals surface area contributed by atoms with Crippen molar-refractivity contribution in [2.45, 2.75) is 13.1 Å². The molecule has 0 saturated heterocycles. The van der Waals surface area contributed by atoms with Crippen molar-refractivity contribution in [3.63, 3.8) is 0 Å². The lowest BCUT2D eigenvalue weighted by molar-refractivity contribution is -0.138. The van der Waals surface area contributed by atoms with E-state index in [1.165, 1.54) is 13.0 Å². The second-order valence-electron chi connectivity index (χ2n) is 4.27. The second kappa shape index (κ2) is 4.84. The molecule has 2 rings (SSSR count). The summed E-state index contributed by atoms with van der Waals surface area (Å²) in [6.07, 6.45) is -4.34. The van der Waals surface area contributed by atoms with Gasteiger partial charge in [-0.25, -0.2) is 0 Å². The molecule has 2 aromatic rings. The Labute approximate surface area is 109 Å².